The monoisotopic (exact) mass is 333 g/mol. The van der Waals surface area contributed by atoms with Crippen molar-refractivity contribution in [2.24, 2.45) is 5.92 Å². The molecule has 0 aromatic heterocycles. The molecule has 0 radical (unpaired) electrons. The van der Waals surface area contributed by atoms with E-state index in [0.717, 1.165) is 0 Å². The molecule has 7 heteroatoms. The predicted molar refractivity (Wildman–Crippen MR) is 71.4 cm³/mol. The van der Waals surface area contributed by atoms with E-state index in [1.54, 1.807) is 6.07 Å². The van der Waals surface area contributed by atoms with Gasteiger partial charge < -0.3 is 5.11 Å². The molecule has 0 aliphatic carbocycles. The minimum atomic E-state index is -3.34. The smallest absolute Gasteiger partial charge is 0.335 e. The molecule has 1 aromatic rings. The molecular formula is C11H12BrNO4S. The summed E-state index contributed by atoms with van der Waals surface area (Å²) in [5.41, 5.74) is 0.460. The molecule has 5 nitrogen and oxygen atoms in total. The van der Waals surface area contributed by atoms with Crippen molar-refractivity contribution in [1.29, 1.82) is 0 Å². The van der Waals surface area contributed by atoms with Crippen LogP contribution in [-0.2, 0) is 10.0 Å². The Morgan fingerprint density at radius 2 is 2.17 bits per heavy atom. The number of nitrogens with zero attached hydrogens (tertiary/aromatic N) is 1. The molecule has 0 bridgehead atoms. The molecule has 1 fully saturated rings. The fourth-order valence-electron chi connectivity index (χ4n) is 1.98. The molecule has 2 rings (SSSR count). The van der Waals surface area contributed by atoms with Crippen molar-refractivity contribution in [3.8, 4) is 0 Å². The molecular weight excluding hydrogens is 322 g/mol. The molecule has 1 heterocycles. The lowest BCUT2D eigenvalue weighted by Gasteiger charge is -2.19. The SMILES string of the molecule is CC1CN(c2cc(C(=O)O)ccc2Br)S(=O)(=O)C1. The second-order valence-electron chi connectivity index (χ2n) is 4.39. The van der Waals surface area contributed by atoms with E-state index in [-0.39, 0.29) is 17.2 Å². The molecule has 1 aliphatic heterocycles. The minimum Gasteiger partial charge on any atom is -0.478 e. The highest BCUT2D eigenvalue weighted by Gasteiger charge is 2.34. The van der Waals surface area contributed by atoms with E-state index in [1.165, 1.54) is 16.4 Å². The highest BCUT2D eigenvalue weighted by molar-refractivity contribution is 9.10. The fourth-order valence-corrected chi connectivity index (χ4v) is 4.50. The maximum atomic E-state index is 12.0. The van der Waals surface area contributed by atoms with Crippen LogP contribution >= 0.6 is 15.9 Å². The summed E-state index contributed by atoms with van der Waals surface area (Å²) in [5, 5.41) is 8.94. The number of anilines is 1. The summed E-state index contributed by atoms with van der Waals surface area (Å²) >= 11 is 3.26. The van der Waals surface area contributed by atoms with Crippen LogP contribution in [0.5, 0.6) is 0 Å². The third-order valence-corrected chi connectivity index (χ3v) is 5.45. The van der Waals surface area contributed by atoms with E-state index in [0.29, 0.717) is 16.7 Å². The van der Waals surface area contributed by atoms with Crippen LogP contribution in [0.4, 0.5) is 5.69 Å². The molecule has 1 atom stereocenters. The van der Waals surface area contributed by atoms with E-state index in [4.69, 9.17) is 5.11 Å². The van der Waals surface area contributed by atoms with Gasteiger partial charge in [0.15, 0.2) is 0 Å². The molecule has 98 valence electrons. The lowest BCUT2D eigenvalue weighted by atomic mass is 10.2. The van der Waals surface area contributed by atoms with Gasteiger partial charge in [-0.1, -0.05) is 6.92 Å². The second-order valence-corrected chi connectivity index (χ2v) is 7.18. The normalized spacial score (nSPS) is 22.1. The Morgan fingerprint density at radius 1 is 1.50 bits per heavy atom. The van der Waals surface area contributed by atoms with Crippen LogP contribution in [0.15, 0.2) is 22.7 Å². The Bertz CT molecular complexity index is 599. The largest absolute Gasteiger partial charge is 0.478 e. The molecule has 0 spiro atoms. The number of halogens is 1. The van der Waals surface area contributed by atoms with Crippen LogP contribution < -0.4 is 4.31 Å². The zero-order chi connectivity index (χ0) is 13.5. The average molecular weight is 334 g/mol. The van der Waals surface area contributed by atoms with Gasteiger partial charge in [-0.2, -0.15) is 0 Å². The Kier molecular flexibility index (Phi) is 3.37. The van der Waals surface area contributed by atoms with Gasteiger partial charge in [-0.3, -0.25) is 4.31 Å². The number of hydrogen-bond acceptors (Lipinski definition) is 3. The first kappa shape index (κ1) is 13.4. The summed E-state index contributed by atoms with van der Waals surface area (Å²) in [6, 6.07) is 4.36. The minimum absolute atomic E-state index is 0.0374. The molecule has 1 unspecified atom stereocenters. The number of hydrogen-bond donors (Lipinski definition) is 1. The number of benzene rings is 1. The third-order valence-electron chi connectivity index (χ3n) is 2.77. The number of sulfonamides is 1. The Morgan fingerprint density at radius 3 is 2.67 bits per heavy atom. The van der Waals surface area contributed by atoms with Gasteiger partial charge in [-0.25, -0.2) is 13.2 Å². The van der Waals surface area contributed by atoms with Crippen molar-refractivity contribution >= 4 is 37.6 Å². The van der Waals surface area contributed by atoms with Crippen LogP contribution in [0.2, 0.25) is 0 Å². The summed E-state index contributed by atoms with van der Waals surface area (Å²) in [4.78, 5) is 10.9. The van der Waals surface area contributed by atoms with Gasteiger partial charge in [0, 0.05) is 11.0 Å². The van der Waals surface area contributed by atoms with E-state index >= 15 is 0 Å². The highest BCUT2D eigenvalue weighted by Crippen LogP contribution is 2.33. The summed E-state index contributed by atoms with van der Waals surface area (Å²) in [7, 11) is -3.34. The first-order valence-electron chi connectivity index (χ1n) is 5.34. The topological polar surface area (TPSA) is 74.7 Å². The van der Waals surface area contributed by atoms with Crippen molar-refractivity contribution < 1.29 is 18.3 Å². The number of carboxylic acid groups (broad SMARTS) is 1. The summed E-state index contributed by atoms with van der Waals surface area (Å²) < 4.78 is 25.8. The molecule has 1 aromatic carbocycles. The highest BCUT2D eigenvalue weighted by atomic mass is 79.9. The van der Waals surface area contributed by atoms with Crippen LogP contribution in [0.3, 0.4) is 0 Å². The fraction of sp³-hybridized carbons (Fsp3) is 0.364. The Labute approximate surface area is 114 Å². The molecule has 1 N–H and O–H groups in total. The van der Waals surface area contributed by atoms with Gasteiger partial charge in [0.1, 0.15) is 0 Å². The van der Waals surface area contributed by atoms with Gasteiger partial charge in [-0.15, -0.1) is 0 Å². The molecule has 1 saturated heterocycles. The van der Waals surface area contributed by atoms with Gasteiger partial charge in [-0.05, 0) is 40.0 Å². The maximum Gasteiger partial charge on any atom is 0.335 e. The Balaban J connectivity index is 2.51. The van der Waals surface area contributed by atoms with E-state index < -0.39 is 16.0 Å². The number of aromatic carboxylic acids is 1. The summed E-state index contributed by atoms with van der Waals surface area (Å²) in [5.74, 6) is -0.944. The van der Waals surface area contributed by atoms with E-state index in [2.05, 4.69) is 15.9 Å². The number of carbonyl (C=O) groups is 1. The predicted octanol–water partition coefficient (Wildman–Crippen LogP) is 1.93. The maximum absolute atomic E-state index is 12.0. The van der Waals surface area contributed by atoms with E-state index in [1.807, 2.05) is 6.92 Å². The summed E-state index contributed by atoms with van der Waals surface area (Å²) in [6.45, 7) is 2.23. The molecule has 0 amide bonds. The van der Waals surface area contributed by atoms with Gasteiger partial charge in [0.05, 0.1) is 17.0 Å². The first-order valence-corrected chi connectivity index (χ1v) is 7.75. The van der Waals surface area contributed by atoms with Crippen molar-refractivity contribution in [3.63, 3.8) is 0 Å². The van der Waals surface area contributed by atoms with Gasteiger partial charge in [0.25, 0.3) is 0 Å². The quantitative estimate of drug-likeness (QED) is 0.897. The van der Waals surface area contributed by atoms with Crippen molar-refractivity contribution in [1.82, 2.24) is 0 Å². The molecule has 18 heavy (non-hydrogen) atoms. The van der Waals surface area contributed by atoms with Crippen molar-refractivity contribution in [2.45, 2.75) is 6.92 Å². The van der Waals surface area contributed by atoms with Crippen molar-refractivity contribution in [3.05, 3.63) is 28.2 Å². The molecule has 1 aliphatic rings. The van der Waals surface area contributed by atoms with Gasteiger partial charge in [0.2, 0.25) is 10.0 Å². The average Bonchev–Trinajstić information content (AvgIpc) is 2.52. The standard InChI is InChI=1S/C11H12BrNO4S/c1-7-5-13(18(16,17)6-7)10-4-8(11(14)15)2-3-9(10)12/h2-4,7H,5-6H2,1H3,(H,14,15). The van der Waals surface area contributed by atoms with Crippen LogP contribution in [0, 0.1) is 5.92 Å². The lowest BCUT2D eigenvalue weighted by Crippen LogP contribution is -2.25. The number of rotatable bonds is 2. The Hall–Kier alpha value is -1.08. The number of carboxylic acids is 1. The zero-order valence-corrected chi connectivity index (χ0v) is 12.0. The van der Waals surface area contributed by atoms with Crippen LogP contribution in [0.25, 0.3) is 0 Å². The zero-order valence-electron chi connectivity index (χ0n) is 9.63. The first-order chi connectivity index (χ1) is 8.31. The molecule has 0 saturated carbocycles. The second kappa shape index (κ2) is 4.55. The van der Waals surface area contributed by atoms with Crippen LogP contribution in [-0.4, -0.2) is 31.8 Å². The lowest BCUT2D eigenvalue weighted by molar-refractivity contribution is 0.0697. The third kappa shape index (κ3) is 2.37. The van der Waals surface area contributed by atoms with Gasteiger partial charge >= 0.3 is 5.97 Å². The van der Waals surface area contributed by atoms with Crippen molar-refractivity contribution in [2.75, 3.05) is 16.6 Å². The van der Waals surface area contributed by atoms with E-state index in [9.17, 15) is 13.2 Å². The summed E-state index contributed by atoms with van der Waals surface area (Å²) in [6.07, 6.45) is 0. The van der Waals surface area contributed by atoms with Crippen LogP contribution in [0.1, 0.15) is 17.3 Å².